The van der Waals surface area contributed by atoms with Crippen molar-refractivity contribution < 1.29 is 22.8 Å². The molecule has 0 bridgehead atoms. The molecule has 0 spiro atoms. The van der Waals surface area contributed by atoms with Crippen molar-refractivity contribution in [2.24, 2.45) is 0 Å². The molecule has 0 aliphatic rings. The molecular weight excluding hydrogens is 342 g/mol. The van der Waals surface area contributed by atoms with Crippen LogP contribution in [0, 0.1) is 6.92 Å². The Morgan fingerprint density at radius 1 is 1.08 bits per heavy atom. The van der Waals surface area contributed by atoms with Crippen molar-refractivity contribution in [2.45, 2.75) is 6.92 Å². The third kappa shape index (κ3) is 5.17. The monoisotopic (exact) mass is 361 g/mol. The molecule has 0 unspecified atom stereocenters. The Balaban J connectivity index is 0.000000399. The van der Waals surface area contributed by atoms with E-state index < -0.39 is 10.1 Å². The van der Waals surface area contributed by atoms with Crippen LogP contribution < -0.4 is 4.74 Å². The smallest absolute Gasteiger partial charge is 0.261 e. The number of ether oxygens (including phenoxy) is 1. The fraction of sp³-hybridized carbons (Fsp3) is 0.167. The number of hydrogen-bond acceptors (Lipinski definition) is 5. The molecule has 0 fully saturated rings. The Morgan fingerprint density at radius 2 is 1.76 bits per heavy atom. The van der Waals surface area contributed by atoms with Gasteiger partial charge in [-0.3, -0.25) is 9.54 Å². The Labute approximate surface area is 146 Å². The maximum Gasteiger partial charge on any atom is 0.261 e. The van der Waals surface area contributed by atoms with Crippen LogP contribution in [0.15, 0.2) is 48.7 Å². The molecule has 0 aliphatic carbocycles. The second-order valence-electron chi connectivity index (χ2n) is 5.48. The van der Waals surface area contributed by atoms with E-state index in [4.69, 9.17) is 9.29 Å². The number of methoxy groups -OCH3 is 1. The Kier molecular flexibility index (Phi) is 5.61. The lowest BCUT2D eigenvalue weighted by molar-refractivity contribution is 0.415. The molecule has 6 nitrogen and oxygen atoms in total. The molecule has 2 N–H and O–H groups in total. The van der Waals surface area contributed by atoms with Gasteiger partial charge in [-0.05, 0) is 53.9 Å². The zero-order chi connectivity index (χ0) is 18.6. The van der Waals surface area contributed by atoms with E-state index in [0.29, 0.717) is 12.0 Å². The van der Waals surface area contributed by atoms with Crippen LogP contribution in [0.25, 0.3) is 22.0 Å². The Hall–Kier alpha value is -2.64. The molecule has 0 saturated heterocycles. The summed E-state index contributed by atoms with van der Waals surface area (Å²) in [5.41, 5.74) is 3.92. The van der Waals surface area contributed by atoms with Crippen molar-refractivity contribution in [3.8, 4) is 22.6 Å². The van der Waals surface area contributed by atoms with Gasteiger partial charge in [0.1, 0.15) is 11.5 Å². The van der Waals surface area contributed by atoms with Crippen molar-refractivity contribution in [1.29, 1.82) is 0 Å². The first kappa shape index (κ1) is 18.7. The number of hydrogen-bond donors (Lipinski definition) is 2. The SMILES string of the molecule is COc1ccc2c(-c3ccc(O)c(C)c3)ccnc2c1.CS(=O)(=O)O. The predicted octanol–water partition coefficient (Wildman–Crippen LogP) is 3.43. The van der Waals surface area contributed by atoms with E-state index in [1.807, 2.05) is 43.3 Å². The summed E-state index contributed by atoms with van der Waals surface area (Å²) in [6.07, 6.45) is 2.51. The van der Waals surface area contributed by atoms with E-state index in [2.05, 4.69) is 4.98 Å². The molecule has 7 heteroatoms. The van der Waals surface area contributed by atoms with E-state index in [1.54, 1.807) is 19.4 Å². The molecule has 0 saturated carbocycles. The average molecular weight is 361 g/mol. The van der Waals surface area contributed by atoms with Crippen molar-refractivity contribution in [3.63, 3.8) is 0 Å². The van der Waals surface area contributed by atoms with Crippen molar-refractivity contribution in [2.75, 3.05) is 13.4 Å². The standard InChI is InChI=1S/C17H15NO2.CH4O3S/c1-11-9-12(3-6-17(11)19)14-7-8-18-16-10-13(20-2)4-5-15(14)16;1-5(2,3)4/h3-10,19H,1-2H3;1H3,(H,2,3,4). The zero-order valence-corrected chi connectivity index (χ0v) is 14.9. The molecule has 1 aromatic heterocycles. The van der Waals surface area contributed by atoms with E-state index in [9.17, 15) is 13.5 Å². The number of aromatic nitrogens is 1. The van der Waals surface area contributed by atoms with Gasteiger partial charge >= 0.3 is 0 Å². The summed E-state index contributed by atoms with van der Waals surface area (Å²) in [6.45, 7) is 1.89. The van der Waals surface area contributed by atoms with Gasteiger partial charge in [-0.25, -0.2) is 0 Å². The second kappa shape index (κ2) is 7.50. The highest BCUT2D eigenvalue weighted by Gasteiger charge is 2.07. The van der Waals surface area contributed by atoms with E-state index in [-0.39, 0.29) is 0 Å². The maximum absolute atomic E-state index is 9.64. The van der Waals surface area contributed by atoms with Gasteiger partial charge in [0.25, 0.3) is 10.1 Å². The van der Waals surface area contributed by atoms with Crippen LogP contribution >= 0.6 is 0 Å². The van der Waals surface area contributed by atoms with Crippen LogP contribution in [0.3, 0.4) is 0 Å². The molecule has 0 aliphatic heterocycles. The van der Waals surface area contributed by atoms with E-state index in [1.165, 1.54) is 0 Å². The number of rotatable bonds is 2. The molecule has 0 amide bonds. The Bertz CT molecular complexity index is 992. The lowest BCUT2D eigenvalue weighted by atomic mass is 9.99. The normalized spacial score (nSPS) is 10.9. The predicted molar refractivity (Wildman–Crippen MR) is 97.6 cm³/mol. The molecule has 132 valence electrons. The van der Waals surface area contributed by atoms with Crippen molar-refractivity contribution >= 4 is 21.0 Å². The van der Waals surface area contributed by atoms with Gasteiger partial charge in [0.05, 0.1) is 18.9 Å². The summed E-state index contributed by atoms with van der Waals surface area (Å²) in [4.78, 5) is 4.39. The van der Waals surface area contributed by atoms with Gasteiger partial charge < -0.3 is 9.84 Å². The summed E-state index contributed by atoms with van der Waals surface area (Å²) in [5, 5.41) is 10.7. The number of fused-ring (bicyclic) bond motifs is 1. The number of pyridine rings is 1. The van der Waals surface area contributed by atoms with Gasteiger partial charge in [0.15, 0.2) is 0 Å². The fourth-order valence-electron chi connectivity index (χ4n) is 2.33. The quantitative estimate of drug-likeness (QED) is 0.679. The van der Waals surface area contributed by atoms with Crippen molar-refractivity contribution in [1.82, 2.24) is 4.98 Å². The van der Waals surface area contributed by atoms with Gasteiger partial charge in [-0.1, -0.05) is 6.07 Å². The van der Waals surface area contributed by atoms with E-state index in [0.717, 1.165) is 33.3 Å². The molecular formula is C18H19NO5S. The third-order valence-corrected chi connectivity index (χ3v) is 3.46. The minimum atomic E-state index is -3.67. The average Bonchev–Trinajstić information content (AvgIpc) is 2.55. The first-order valence-corrected chi connectivity index (χ1v) is 9.19. The van der Waals surface area contributed by atoms with Gasteiger partial charge in [-0.2, -0.15) is 8.42 Å². The van der Waals surface area contributed by atoms with Gasteiger partial charge in [0, 0.05) is 17.6 Å². The number of nitrogens with zero attached hydrogens (tertiary/aromatic N) is 1. The minimum Gasteiger partial charge on any atom is -0.508 e. The van der Waals surface area contributed by atoms with Crippen LogP contribution in [-0.2, 0) is 10.1 Å². The van der Waals surface area contributed by atoms with Crippen LogP contribution in [-0.4, -0.2) is 36.4 Å². The molecule has 3 aromatic rings. The van der Waals surface area contributed by atoms with Crippen LogP contribution in [0.4, 0.5) is 0 Å². The topological polar surface area (TPSA) is 96.7 Å². The highest BCUT2D eigenvalue weighted by molar-refractivity contribution is 7.85. The minimum absolute atomic E-state index is 0.314. The first-order valence-electron chi connectivity index (χ1n) is 7.34. The van der Waals surface area contributed by atoms with Gasteiger partial charge in [-0.15, -0.1) is 0 Å². The molecule has 0 radical (unpaired) electrons. The maximum atomic E-state index is 9.64. The summed E-state index contributed by atoms with van der Waals surface area (Å²) in [7, 11) is -2.02. The highest BCUT2D eigenvalue weighted by atomic mass is 32.2. The largest absolute Gasteiger partial charge is 0.508 e. The zero-order valence-electron chi connectivity index (χ0n) is 14.1. The summed E-state index contributed by atoms with van der Waals surface area (Å²) >= 11 is 0. The number of aryl methyl sites for hydroxylation is 1. The lowest BCUT2D eigenvalue weighted by Gasteiger charge is -2.09. The third-order valence-electron chi connectivity index (χ3n) is 3.46. The number of benzene rings is 2. The summed E-state index contributed by atoms with van der Waals surface area (Å²) < 4.78 is 31.1. The van der Waals surface area contributed by atoms with Gasteiger partial charge in [0.2, 0.25) is 0 Å². The number of phenolic OH excluding ortho intramolecular Hbond substituents is 1. The molecule has 2 aromatic carbocycles. The summed E-state index contributed by atoms with van der Waals surface area (Å²) in [6, 6.07) is 13.5. The Morgan fingerprint density at radius 3 is 2.36 bits per heavy atom. The second-order valence-corrected chi connectivity index (χ2v) is 6.94. The van der Waals surface area contributed by atoms with E-state index >= 15 is 0 Å². The fourth-order valence-corrected chi connectivity index (χ4v) is 2.33. The van der Waals surface area contributed by atoms with Crippen LogP contribution in [0.2, 0.25) is 0 Å². The molecule has 25 heavy (non-hydrogen) atoms. The molecule has 0 atom stereocenters. The van der Waals surface area contributed by atoms with Crippen LogP contribution in [0.5, 0.6) is 11.5 Å². The first-order chi connectivity index (χ1) is 11.7. The number of aromatic hydroxyl groups is 1. The number of phenols is 1. The van der Waals surface area contributed by atoms with Crippen molar-refractivity contribution in [3.05, 3.63) is 54.2 Å². The van der Waals surface area contributed by atoms with Crippen LogP contribution in [0.1, 0.15) is 5.56 Å². The molecule has 1 heterocycles. The highest BCUT2D eigenvalue weighted by Crippen LogP contribution is 2.31. The summed E-state index contributed by atoms with van der Waals surface area (Å²) in [5.74, 6) is 1.11. The molecule has 3 rings (SSSR count). The lowest BCUT2D eigenvalue weighted by Crippen LogP contribution is -1.88.